The first-order valence-electron chi connectivity index (χ1n) is 11.7. The van der Waals surface area contributed by atoms with Gasteiger partial charge in [0, 0.05) is 49.4 Å². The van der Waals surface area contributed by atoms with Crippen molar-refractivity contribution in [3.8, 4) is 10.6 Å². The Morgan fingerprint density at radius 2 is 1.67 bits per heavy atom. The Morgan fingerprint density at radius 1 is 1.00 bits per heavy atom. The van der Waals surface area contributed by atoms with Gasteiger partial charge >= 0.3 is 0 Å². The van der Waals surface area contributed by atoms with Crippen LogP contribution in [0.2, 0.25) is 5.02 Å². The summed E-state index contributed by atoms with van der Waals surface area (Å²) in [6.45, 7) is 6.52. The van der Waals surface area contributed by atoms with Gasteiger partial charge in [0.25, 0.3) is 5.56 Å². The number of aromatic nitrogens is 3. The van der Waals surface area contributed by atoms with Gasteiger partial charge in [-0.2, -0.15) is 13.9 Å². The van der Waals surface area contributed by atoms with Crippen LogP contribution in [0.1, 0.15) is 31.0 Å². The Labute approximate surface area is 218 Å². The highest BCUT2D eigenvalue weighted by atomic mass is 35.5. The average Bonchev–Trinajstić information content (AvgIpc) is 3.30. The smallest absolute Gasteiger partial charge is 0.275 e. The molecule has 0 N–H and O–H groups in total. The van der Waals surface area contributed by atoms with E-state index in [0.29, 0.717) is 64.2 Å². The summed E-state index contributed by atoms with van der Waals surface area (Å²) < 4.78 is 29.0. The van der Waals surface area contributed by atoms with Crippen LogP contribution < -0.4 is 5.56 Å². The van der Waals surface area contributed by atoms with E-state index in [1.165, 1.54) is 26.2 Å². The van der Waals surface area contributed by atoms with E-state index in [-0.39, 0.29) is 5.56 Å². The fraction of sp³-hybridized carbons (Fsp3) is 0.320. The first-order valence-corrected chi connectivity index (χ1v) is 14.3. The molecule has 1 aliphatic heterocycles. The normalized spacial score (nSPS) is 15.7. The number of rotatable bonds is 6. The van der Waals surface area contributed by atoms with E-state index in [4.69, 9.17) is 11.6 Å². The summed E-state index contributed by atoms with van der Waals surface area (Å²) >= 11 is 7.31. The van der Waals surface area contributed by atoms with E-state index in [0.717, 1.165) is 11.1 Å². The lowest BCUT2D eigenvalue weighted by molar-refractivity contribution is 0.180. The van der Waals surface area contributed by atoms with Crippen molar-refractivity contribution in [2.75, 3.05) is 26.2 Å². The molecule has 36 heavy (non-hydrogen) atoms. The van der Waals surface area contributed by atoms with Gasteiger partial charge < -0.3 is 0 Å². The molecule has 0 unspecified atom stereocenters. The van der Waals surface area contributed by atoms with Crippen LogP contribution in [-0.2, 0) is 16.6 Å². The number of halogens is 1. The third-order valence-corrected chi connectivity index (χ3v) is 9.41. The molecule has 2 aromatic carbocycles. The molecule has 1 fully saturated rings. The van der Waals surface area contributed by atoms with Gasteiger partial charge in [-0.25, -0.2) is 13.4 Å². The van der Waals surface area contributed by atoms with Gasteiger partial charge in [0.05, 0.1) is 10.6 Å². The van der Waals surface area contributed by atoms with Crippen LogP contribution in [0.4, 0.5) is 0 Å². The summed E-state index contributed by atoms with van der Waals surface area (Å²) in [5.74, 6) is 0.347. The Morgan fingerprint density at radius 3 is 2.31 bits per heavy atom. The number of sulfonamides is 1. The van der Waals surface area contributed by atoms with Crippen LogP contribution in [0.3, 0.4) is 0 Å². The Bertz CT molecular complexity index is 1540. The summed E-state index contributed by atoms with van der Waals surface area (Å²) in [4.78, 5) is 20.3. The maximum absolute atomic E-state index is 13.1. The number of piperazine rings is 1. The Hall–Kier alpha value is -2.63. The fourth-order valence-electron chi connectivity index (χ4n) is 4.18. The van der Waals surface area contributed by atoms with Crippen molar-refractivity contribution in [3.63, 3.8) is 0 Å². The van der Waals surface area contributed by atoms with E-state index in [1.54, 1.807) is 24.3 Å². The molecule has 0 bridgehead atoms. The fourth-order valence-corrected chi connectivity index (χ4v) is 6.65. The second-order valence-electron chi connectivity index (χ2n) is 9.10. The molecule has 11 heteroatoms. The Balaban J connectivity index is 1.27. The molecule has 4 aromatic rings. The molecule has 0 spiro atoms. The van der Waals surface area contributed by atoms with Crippen LogP contribution in [0.25, 0.3) is 15.5 Å². The molecule has 1 aliphatic rings. The first kappa shape index (κ1) is 25.0. The SMILES string of the molecule is CC(C)c1ccc(S(=O)(=O)N2CCN(Cc3cc(=O)n4nc(-c5ccc(Cl)cc5)sc4n3)CC2)cc1. The molecule has 2 aromatic heterocycles. The summed E-state index contributed by atoms with van der Waals surface area (Å²) in [6, 6.07) is 15.9. The highest BCUT2D eigenvalue weighted by Crippen LogP contribution is 2.26. The van der Waals surface area contributed by atoms with Gasteiger partial charge in [0.15, 0.2) is 0 Å². The van der Waals surface area contributed by atoms with Crippen molar-refractivity contribution in [1.29, 1.82) is 0 Å². The second kappa shape index (κ2) is 10.0. The highest BCUT2D eigenvalue weighted by molar-refractivity contribution is 7.89. The van der Waals surface area contributed by atoms with Crippen molar-refractivity contribution in [2.45, 2.75) is 31.2 Å². The van der Waals surface area contributed by atoms with Gasteiger partial charge in [-0.3, -0.25) is 9.69 Å². The molecule has 1 saturated heterocycles. The molecule has 0 aliphatic carbocycles. The predicted octanol–water partition coefficient (Wildman–Crippen LogP) is 4.10. The van der Waals surface area contributed by atoms with E-state index < -0.39 is 10.0 Å². The van der Waals surface area contributed by atoms with Crippen molar-refractivity contribution >= 4 is 37.9 Å². The minimum Gasteiger partial charge on any atom is -0.295 e. The van der Waals surface area contributed by atoms with Gasteiger partial charge in [-0.15, -0.1) is 0 Å². The highest BCUT2D eigenvalue weighted by Gasteiger charge is 2.28. The lowest BCUT2D eigenvalue weighted by Crippen LogP contribution is -2.48. The van der Waals surface area contributed by atoms with Crippen LogP contribution in [0.15, 0.2) is 64.3 Å². The molecular formula is C25H26ClN5O3S2. The summed E-state index contributed by atoms with van der Waals surface area (Å²) in [5, 5.41) is 5.73. The number of hydrogen-bond acceptors (Lipinski definition) is 7. The molecular weight excluding hydrogens is 518 g/mol. The topological polar surface area (TPSA) is 87.9 Å². The van der Waals surface area contributed by atoms with Crippen LogP contribution in [0, 0.1) is 0 Å². The summed E-state index contributed by atoms with van der Waals surface area (Å²) in [7, 11) is -3.54. The molecule has 0 saturated carbocycles. The van der Waals surface area contributed by atoms with Gasteiger partial charge in [0.2, 0.25) is 15.0 Å². The molecule has 5 rings (SSSR count). The minimum absolute atomic E-state index is 0.238. The number of hydrogen-bond donors (Lipinski definition) is 0. The molecule has 0 amide bonds. The zero-order valence-corrected chi connectivity index (χ0v) is 22.4. The third kappa shape index (κ3) is 5.09. The maximum Gasteiger partial charge on any atom is 0.275 e. The van der Waals surface area contributed by atoms with Crippen molar-refractivity contribution in [3.05, 3.63) is 81.2 Å². The monoisotopic (exact) mass is 543 g/mol. The lowest BCUT2D eigenvalue weighted by atomic mass is 10.0. The molecule has 3 heterocycles. The molecule has 8 nitrogen and oxygen atoms in total. The molecule has 0 radical (unpaired) electrons. The quantitative estimate of drug-likeness (QED) is 0.364. The lowest BCUT2D eigenvalue weighted by Gasteiger charge is -2.33. The van der Waals surface area contributed by atoms with Crippen molar-refractivity contribution in [2.24, 2.45) is 0 Å². The van der Waals surface area contributed by atoms with E-state index in [2.05, 4.69) is 28.8 Å². The van der Waals surface area contributed by atoms with E-state index >= 15 is 0 Å². The first-order chi connectivity index (χ1) is 17.2. The molecule has 188 valence electrons. The maximum atomic E-state index is 13.1. The van der Waals surface area contributed by atoms with Crippen LogP contribution in [-0.4, -0.2) is 58.4 Å². The van der Waals surface area contributed by atoms with Crippen LogP contribution in [0.5, 0.6) is 0 Å². The number of benzene rings is 2. The molecule has 0 atom stereocenters. The average molecular weight is 544 g/mol. The number of nitrogens with zero attached hydrogens (tertiary/aromatic N) is 5. The number of fused-ring (bicyclic) bond motifs is 1. The van der Waals surface area contributed by atoms with Gasteiger partial charge in [-0.05, 0) is 35.7 Å². The predicted molar refractivity (Wildman–Crippen MR) is 142 cm³/mol. The zero-order valence-electron chi connectivity index (χ0n) is 20.0. The van der Waals surface area contributed by atoms with Crippen LogP contribution >= 0.6 is 22.9 Å². The van der Waals surface area contributed by atoms with Crippen molar-refractivity contribution in [1.82, 2.24) is 23.8 Å². The summed E-state index contributed by atoms with van der Waals surface area (Å²) in [5.41, 5.74) is 2.39. The minimum atomic E-state index is -3.54. The van der Waals surface area contributed by atoms with E-state index in [9.17, 15) is 13.2 Å². The van der Waals surface area contributed by atoms with E-state index in [1.807, 2.05) is 24.3 Å². The third-order valence-electron chi connectivity index (χ3n) is 6.29. The van der Waals surface area contributed by atoms with Crippen molar-refractivity contribution < 1.29 is 8.42 Å². The van der Waals surface area contributed by atoms with Gasteiger partial charge in [-0.1, -0.05) is 61.1 Å². The van der Waals surface area contributed by atoms with Gasteiger partial charge in [0.1, 0.15) is 5.01 Å². The second-order valence-corrected chi connectivity index (χ2v) is 12.4. The Kier molecular flexibility index (Phi) is 6.97. The zero-order chi connectivity index (χ0) is 25.4. The summed E-state index contributed by atoms with van der Waals surface area (Å²) in [6.07, 6.45) is 0. The largest absolute Gasteiger partial charge is 0.295 e. The standard InChI is InChI=1S/C25H26ClN5O3S2/c1-17(2)18-5-9-22(10-6-18)36(33,34)30-13-11-29(12-14-30)16-21-15-23(32)31-25(27-21)35-24(28-31)19-3-7-20(26)8-4-19/h3-10,15,17H,11-14,16H2,1-2H3.